The first kappa shape index (κ1) is 14.4. The van der Waals surface area contributed by atoms with Crippen molar-refractivity contribution in [1.82, 2.24) is 4.90 Å². The lowest BCUT2D eigenvalue weighted by atomic mass is 10.1. The second kappa shape index (κ2) is 5.78. The van der Waals surface area contributed by atoms with Crippen molar-refractivity contribution in [2.24, 2.45) is 5.73 Å². The molecule has 8 nitrogen and oxygen atoms in total. The third-order valence-electron chi connectivity index (χ3n) is 2.87. The minimum atomic E-state index is -1.21. The van der Waals surface area contributed by atoms with E-state index in [0.29, 0.717) is 0 Å². The molecule has 1 amide bonds. The number of nitrogens with two attached hydrogens (primary N) is 1. The number of carboxylic acid groups (broad SMARTS) is 2. The Balaban J connectivity index is 2.55. The van der Waals surface area contributed by atoms with Crippen molar-refractivity contribution < 1.29 is 29.7 Å². The van der Waals surface area contributed by atoms with Crippen LogP contribution >= 0.6 is 0 Å². The molecule has 102 valence electrons. The second-order valence-corrected chi connectivity index (χ2v) is 4.27. The van der Waals surface area contributed by atoms with E-state index in [1.165, 1.54) is 0 Å². The van der Waals surface area contributed by atoms with E-state index in [-0.39, 0.29) is 25.8 Å². The van der Waals surface area contributed by atoms with Crippen LogP contribution in [0, 0.1) is 0 Å². The number of rotatable bonds is 5. The minimum Gasteiger partial charge on any atom is -0.480 e. The summed E-state index contributed by atoms with van der Waals surface area (Å²) in [6.45, 7) is -0.0435. The maximum atomic E-state index is 11.7. The van der Waals surface area contributed by atoms with Crippen molar-refractivity contribution in [3.8, 4) is 0 Å². The van der Waals surface area contributed by atoms with Gasteiger partial charge in [0, 0.05) is 19.4 Å². The standard InChI is InChI=1S/C10H16N2O6/c11-6(9(15)16)1-2-8(14)12-4-5(13)3-7(12)10(17)18/h5-7,13H,1-4,11H2,(H,15,16)(H,17,18)/t5-,6-,7+/m0/s1. The van der Waals surface area contributed by atoms with Gasteiger partial charge in [-0.05, 0) is 6.42 Å². The van der Waals surface area contributed by atoms with Gasteiger partial charge in [0.1, 0.15) is 12.1 Å². The Morgan fingerprint density at radius 2 is 1.94 bits per heavy atom. The van der Waals surface area contributed by atoms with E-state index < -0.39 is 36.0 Å². The van der Waals surface area contributed by atoms with Crippen LogP contribution in [-0.2, 0) is 14.4 Å². The lowest BCUT2D eigenvalue weighted by Gasteiger charge is -2.21. The summed E-state index contributed by atoms with van der Waals surface area (Å²) in [5.74, 6) is -2.89. The number of carboxylic acids is 2. The van der Waals surface area contributed by atoms with E-state index in [1.807, 2.05) is 0 Å². The number of nitrogens with zero attached hydrogens (tertiary/aromatic N) is 1. The molecule has 0 aromatic heterocycles. The number of hydrogen-bond acceptors (Lipinski definition) is 5. The molecule has 0 bridgehead atoms. The number of carbonyl (C=O) groups excluding carboxylic acids is 1. The summed E-state index contributed by atoms with van der Waals surface area (Å²) < 4.78 is 0. The van der Waals surface area contributed by atoms with E-state index in [2.05, 4.69) is 0 Å². The SMILES string of the molecule is N[C@@H](CCC(=O)N1C[C@@H](O)C[C@@H]1C(=O)O)C(=O)O. The summed E-state index contributed by atoms with van der Waals surface area (Å²) in [4.78, 5) is 34.2. The van der Waals surface area contributed by atoms with Gasteiger partial charge < -0.3 is 26.0 Å². The molecule has 0 unspecified atom stereocenters. The molecule has 0 aliphatic carbocycles. The average Bonchev–Trinajstić information content (AvgIpc) is 2.67. The van der Waals surface area contributed by atoms with Gasteiger partial charge in [-0.15, -0.1) is 0 Å². The van der Waals surface area contributed by atoms with Crippen molar-refractivity contribution in [2.45, 2.75) is 37.5 Å². The van der Waals surface area contributed by atoms with E-state index in [9.17, 15) is 19.5 Å². The highest BCUT2D eigenvalue weighted by Crippen LogP contribution is 2.19. The molecular weight excluding hydrogens is 244 g/mol. The molecule has 0 saturated carbocycles. The average molecular weight is 260 g/mol. The monoisotopic (exact) mass is 260 g/mol. The van der Waals surface area contributed by atoms with Crippen LogP contribution in [0.1, 0.15) is 19.3 Å². The summed E-state index contributed by atoms with van der Waals surface area (Å²) in [5.41, 5.74) is 5.25. The molecule has 1 saturated heterocycles. The Morgan fingerprint density at radius 3 is 2.44 bits per heavy atom. The van der Waals surface area contributed by atoms with Crippen molar-refractivity contribution in [3.05, 3.63) is 0 Å². The maximum Gasteiger partial charge on any atom is 0.326 e. The van der Waals surface area contributed by atoms with Crippen LogP contribution in [-0.4, -0.2) is 62.8 Å². The third kappa shape index (κ3) is 3.41. The Kier molecular flexibility index (Phi) is 4.62. The topological polar surface area (TPSA) is 141 Å². The number of aliphatic hydroxyl groups is 1. The van der Waals surface area contributed by atoms with Crippen LogP contribution in [0.4, 0.5) is 0 Å². The van der Waals surface area contributed by atoms with Gasteiger partial charge in [0.05, 0.1) is 6.10 Å². The number of amides is 1. The van der Waals surface area contributed by atoms with E-state index in [1.54, 1.807) is 0 Å². The Hall–Kier alpha value is -1.67. The fourth-order valence-electron chi connectivity index (χ4n) is 1.87. The van der Waals surface area contributed by atoms with E-state index >= 15 is 0 Å². The first-order valence-corrected chi connectivity index (χ1v) is 5.51. The molecule has 5 N–H and O–H groups in total. The van der Waals surface area contributed by atoms with Gasteiger partial charge >= 0.3 is 11.9 Å². The highest BCUT2D eigenvalue weighted by atomic mass is 16.4. The van der Waals surface area contributed by atoms with Gasteiger partial charge in [0.25, 0.3) is 0 Å². The van der Waals surface area contributed by atoms with Crippen molar-refractivity contribution in [3.63, 3.8) is 0 Å². The van der Waals surface area contributed by atoms with Gasteiger partial charge in [-0.25, -0.2) is 4.79 Å². The number of aliphatic hydroxyl groups excluding tert-OH is 1. The molecule has 1 rings (SSSR count). The third-order valence-corrected chi connectivity index (χ3v) is 2.87. The highest BCUT2D eigenvalue weighted by Gasteiger charge is 2.38. The van der Waals surface area contributed by atoms with Gasteiger partial charge in [-0.1, -0.05) is 0 Å². The highest BCUT2D eigenvalue weighted by molar-refractivity contribution is 5.85. The number of carbonyl (C=O) groups is 3. The molecule has 0 radical (unpaired) electrons. The summed E-state index contributed by atoms with van der Waals surface area (Å²) >= 11 is 0. The van der Waals surface area contributed by atoms with Crippen molar-refractivity contribution in [2.75, 3.05) is 6.54 Å². The smallest absolute Gasteiger partial charge is 0.326 e. The van der Waals surface area contributed by atoms with E-state index in [4.69, 9.17) is 15.9 Å². The van der Waals surface area contributed by atoms with Crippen LogP contribution in [0.5, 0.6) is 0 Å². The van der Waals surface area contributed by atoms with Crippen LogP contribution in [0.2, 0.25) is 0 Å². The number of hydrogen-bond donors (Lipinski definition) is 4. The van der Waals surface area contributed by atoms with Crippen LogP contribution in [0.15, 0.2) is 0 Å². The quantitative estimate of drug-likeness (QED) is 0.458. The molecule has 1 heterocycles. The molecule has 1 fully saturated rings. The lowest BCUT2D eigenvalue weighted by Crippen LogP contribution is -2.41. The predicted molar refractivity (Wildman–Crippen MR) is 58.6 cm³/mol. The normalized spacial score (nSPS) is 24.9. The molecule has 1 aliphatic rings. The zero-order chi connectivity index (χ0) is 13.9. The van der Waals surface area contributed by atoms with Crippen molar-refractivity contribution in [1.29, 1.82) is 0 Å². The largest absolute Gasteiger partial charge is 0.480 e. The van der Waals surface area contributed by atoms with Gasteiger partial charge in [0.2, 0.25) is 5.91 Å². The first-order chi connectivity index (χ1) is 8.32. The zero-order valence-electron chi connectivity index (χ0n) is 9.65. The molecule has 1 aliphatic heterocycles. The van der Waals surface area contributed by atoms with Crippen LogP contribution in [0.3, 0.4) is 0 Å². The lowest BCUT2D eigenvalue weighted by molar-refractivity contribution is -0.148. The van der Waals surface area contributed by atoms with Gasteiger partial charge in [-0.3, -0.25) is 9.59 Å². The fraction of sp³-hybridized carbons (Fsp3) is 0.700. The van der Waals surface area contributed by atoms with Gasteiger partial charge in [-0.2, -0.15) is 0 Å². The molecule has 3 atom stereocenters. The van der Waals surface area contributed by atoms with Crippen molar-refractivity contribution >= 4 is 17.8 Å². The summed E-state index contributed by atoms with van der Waals surface area (Å²) in [6.07, 6.45) is -1.08. The minimum absolute atomic E-state index is 0.00788. The van der Waals surface area contributed by atoms with Gasteiger partial charge in [0.15, 0.2) is 0 Å². The molecule has 0 aromatic carbocycles. The summed E-state index contributed by atoms with van der Waals surface area (Å²) in [6, 6.07) is -2.20. The predicted octanol–water partition coefficient (Wildman–Crippen LogP) is -1.78. The van der Waals surface area contributed by atoms with Crippen LogP contribution in [0.25, 0.3) is 0 Å². The number of β-amino-alcohol motifs (C(OH)–C–C–N with tert-alkyl or cyclic N) is 1. The first-order valence-electron chi connectivity index (χ1n) is 5.51. The number of aliphatic carboxylic acids is 2. The maximum absolute atomic E-state index is 11.7. The Labute approximate surface area is 103 Å². The molecule has 8 heteroatoms. The second-order valence-electron chi connectivity index (χ2n) is 4.27. The summed E-state index contributed by atoms with van der Waals surface area (Å²) in [5, 5.41) is 26.8. The van der Waals surface area contributed by atoms with E-state index in [0.717, 1.165) is 4.90 Å². The fourth-order valence-corrected chi connectivity index (χ4v) is 1.87. The molecule has 0 aromatic rings. The van der Waals surface area contributed by atoms with Crippen LogP contribution < -0.4 is 5.73 Å². The number of likely N-dealkylation sites (tertiary alicyclic amines) is 1. The molecular formula is C10H16N2O6. The molecule has 18 heavy (non-hydrogen) atoms. The summed E-state index contributed by atoms with van der Waals surface area (Å²) in [7, 11) is 0. The Bertz CT molecular complexity index is 358. The molecule has 0 spiro atoms. The zero-order valence-corrected chi connectivity index (χ0v) is 9.65. The Morgan fingerprint density at radius 1 is 1.33 bits per heavy atom.